The molecule has 0 bridgehead atoms. The first-order valence-corrected chi connectivity index (χ1v) is 8.67. The first-order chi connectivity index (χ1) is 11.5. The number of piperidine rings is 1. The second kappa shape index (κ2) is 7.15. The normalized spacial score (nSPS) is 32.6. The van der Waals surface area contributed by atoms with Crippen LogP contribution in [-0.4, -0.2) is 57.6 Å². The molecule has 2 aliphatic heterocycles. The Labute approximate surface area is 148 Å². The van der Waals surface area contributed by atoms with Gasteiger partial charge in [-0.3, -0.25) is 9.59 Å². The molecule has 2 saturated heterocycles. The SMILES string of the molecule is C/C=C\[C@@H]1C[C@H](C(=O)OC(C)(C)C)N2C(=O)C[C@@H](O)[C@H](NC(C)=O)[C@@H]12. The number of nitrogens with one attached hydrogen (secondary N) is 1. The van der Waals surface area contributed by atoms with Gasteiger partial charge in [0.05, 0.1) is 24.6 Å². The molecule has 2 aliphatic rings. The van der Waals surface area contributed by atoms with Crippen LogP contribution in [0, 0.1) is 5.92 Å². The number of aliphatic hydroxyl groups is 1. The van der Waals surface area contributed by atoms with Crippen molar-refractivity contribution in [2.24, 2.45) is 5.92 Å². The van der Waals surface area contributed by atoms with Crippen molar-refractivity contribution in [3.63, 3.8) is 0 Å². The van der Waals surface area contributed by atoms with Crippen LogP contribution in [0.4, 0.5) is 0 Å². The van der Waals surface area contributed by atoms with Gasteiger partial charge in [0.15, 0.2) is 0 Å². The van der Waals surface area contributed by atoms with Gasteiger partial charge in [0.25, 0.3) is 0 Å². The Morgan fingerprint density at radius 1 is 1.36 bits per heavy atom. The molecule has 2 fully saturated rings. The standard InChI is InChI=1S/C18H28N2O5/c1-6-7-11-8-12(17(24)25-18(3,4)5)20-14(23)9-13(22)15(16(11)20)19-10(2)21/h6-7,11-13,15-16,22H,8-9H2,1-5H3,(H,19,21)/b7-6-/t11-,12-,13-,15+,16-/m1/s1. The van der Waals surface area contributed by atoms with Crippen LogP contribution in [0.5, 0.6) is 0 Å². The molecule has 0 unspecified atom stereocenters. The van der Waals surface area contributed by atoms with Crippen LogP contribution in [0.1, 0.15) is 47.5 Å². The number of aliphatic hydroxyl groups excluding tert-OH is 1. The topological polar surface area (TPSA) is 95.9 Å². The number of ether oxygens (including phenoxy) is 1. The van der Waals surface area contributed by atoms with Crippen molar-refractivity contribution in [3.05, 3.63) is 12.2 Å². The summed E-state index contributed by atoms with van der Waals surface area (Å²) in [6, 6.07) is -1.78. The molecule has 0 saturated carbocycles. The summed E-state index contributed by atoms with van der Waals surface area (Å²) in [5.74, 6) is -1.16. The predicted molar refractivity (Wildman–Crippen MR) is 91.4 cm³/mol. The van der Waals surface area contributed by atoms with E-state index in [1.54, 1.807) is 20.8 Å². The molecule has 2 amide bonds. The minimum absolute atomic E-state index is 0.122. The minimum atomic E-state index is -0.970. The van der Waals surface area contributed by atoms with Crippen LogP contribution in [0.15, 0.2) is 12.2 Å². The number of esters is 1. The molecule has 7 nitrogen and oxygen atoms in total. The van der Waals surface area contributed by atoms with Crippen LogP contribution in [0.3, 0.4) is 0 Å². The second-order valence-corrected chi connectivity index (χ2v) is 7.76. The minimum Gasteiger partial charge on any atom is -0.458 e. The number of rotatable bonds is 3. The van der Waals surface area contributed by atoms with Crippen molar-refractivity contribution in [2.45, 2.75) is 77.3 Å². The molecule has 0 radical (unpaired) electrons. The fourth-order valence-corrected chi connectivity index (χ4v) is 3.78. The first kappa shape index (κ1) is 19.4. The van der Waals surface area contributed by atoms with Crippen molar-refractivity contribution in [3.8, 4) is 0 Å². The van der Waals surface area contributed by atoms with E-state index in [1.165, 1.54) is 11.8 Å². The molecule has 2 heterocycles. The Hall–Kier alpha value is -1.89. The van der Waals surface area contributed by atoms with E-state index in [1.807, 2.05) is 19.1 Å². The van der Waals surface area contributed by atoms with Gasteiger partial charge >= 0.3 is 5.97 Å². The van der Waals surface area contributed by atoms with E-state index in [9.17, 15) is 19.5 Å². The first-order valence-electron chi connectivity index (χ1n) is 8.67. The van der Waals surface area contributed by atoms with Crippen LogP contribution in [0.25, 0.3) is 0 Å². The Morgan fingerprint density at radius 3 is 2.52 bits per heavy atom. The number of nitrogens with zero attached hydrogens (tertiary/aromatic N) is 1. The van der Waals surface area contributed by atoms with Gasteiger partial charge in [-0.15, -0.1) is 0 Å². The van der Waals surface area contributed by atoms with Gasteiger partial charge in [0, 0.05) is 12.8 Å². The van der Waals surface area contributed by atoms with E-state index >= 15 is 0 Å². The molecular weight excluding hydrogens is 324 g/mol. The third-order valence-corrected chi connectivity index (χ3v) is 4.53. The molecule has 7 heteroatoms. The zero-order chi connectivity index (χ0) is 18.9. The maximum atomic E-state index is 12.6. The van der Waals surface area contributed by atoms with Gasteiger partial charge in [0.1, 0.15) is 11.6 Å². The summed E-state index contributed by atoms with van der Waals surface area (Å²) < 4.78 is 5.48. The van der Waals surface area contributed by atoms with Crippen molar-refractivity contribution in [2.75, 3.05) is 0 Å². The van der Waals surface area contributed by atoms with Crippen LogP contribution < -0.4 is 5.32 Å². The summed E-state index contributed by atoms with van der Waals surface area (Å²) in [5, 5.41) is 13.1. The third-order valence-electron chi connectivity index (χ3n) is 4.53. The predicted octanol–water partition coefficient (Wildman–Crippen LogP) is 0.759. The molecule has 0 aliphatic carbocycles. The number of carbonyl (C=O) groups excluding carboxylic acids is 3. The maximum absolute atomic E-state index is 12.6. The molecule has 5 atom stereocenters. The average molecular weight is 352 g/mol. The largest absolute Gasteiger partial charge is 0.458 e. The number of carbonyl (C=O) groups is 3. The molecular formula is C18H28N2O5. The second-order valence-electron chi connectivity index (χ2n) is 7.76. The summed E-state index contributed by atoms with van der Waals surface area (Å²) in [7, 11) is 0. The van der Waals surface area contributed by atoms with Gasteiger partial charge in [-0.1, -0.05) is 12.2 Å². The highest BCUT2D eigenvalue weighted by molar-refractivity contribution is 5.87. The lowest BCUT2D eigenvalue weighted by Gasteiger charge is -2.43. The van der Waals surface area contributed by atoms with Gasteiger partial charge in [-0.05, 0) is 34.1 Å². The molecule has 0 aromatic carbocycles. The van der Waals surface area contributed by atoms with Crippen molar-refractivity contribution < 1.29 is 24.2 Å². The van der Waals surface area contributed by atoms with Gasteiger partial charge in [0.2, 0.25) is 11.8 Å². The monoisotopic (exact) mass is 352 g/mol. The van der Waals surface area contributed by atoms with E-state index in [4.69, 9.17) is 4.74 Å². The highest BCUT2D eigenvalue weighted by atomic mass is 16.6. The Balaban J connectivity index is 2.36. The summed E-state index contributed by atoms with van der Waals surface area (Å²) in [4.78, 5) is 38.3. The lowest BCUT2D eigenvalue weighted by molar-refractivity contribution is -0.167. The number of amides is 2. The van der Waals surface area contributed by atoms with Crippen molar-refractivity contribution >= 4 is 17.8 Å². The number of fused-ring (bicyclic) bond motifs is 1. The highest BCUT2D eigenvalue weighted by Gasteiger charge is 2.54. The van der Waals surface area contributed by atoms with Crippen LogP contribution in [0.2, 0.25) is 0 Å². The van der Waals surface area contributed by atoms with E-state index in [2.05, 4.69) is 5.32 Å². The fraction of sp³-hybridized carbons (Fsp3) is 0.722. The lowest BCUT2D eigenvalue weighted by atomic mass is 9.86. The van der Waals surface area contributed by atoms with Crippen molar-refractivity contribution in [1.29, 1.82) is 0 Å². The molecule has 25 heavy (non-hydrogen) atoms. The lowest BCUT2D eigenvalue weighted by Crippen LogP contribution is -2.64. The van der Waals surface area contributed by atoms with Gasteiger partial charge in [-0.25, -0.2) is 4.79 Å². The quantitative estimate of drug-likeness (QED) is 0.577. The fourth-order valence-electron chi connectivity index (χ4n) is 3.78. The molecule has 0 spiro atoms. The summed E-state index contributed by atoms with van der Waals surface area (Å²) in [6.45, 7) is 8.58. The van der Waals surface area contributed by atoms with Crippen LogP contribution in [-0.2, 0) is 19.1 Å². The summed E-state index contributed by atoms with van der Waals surface area (Å²) in [5.41, 5.74) is -0.652. The van der Waals surface area contributed by atoms with E-state index in [0.29, 0.717) is 6.42 Å². The van der Waals surface area contributed by atoms with E-state index in [-0.39, 0.29) is 24.2 Å². The molecule has 140 valence electrons. The molecule has 2 N–H and O–H groups in total. The average Bonchev–Trinajstić information content (AvgIpc) is 2.82. The van der Waals surface area contributed by atoms with E-state index < -0.39 is 35.8 Å². The molecule has 0 aromatic rings. The third kappa shape index (κ3) is 4.21. The molecule has 0 aromatic heterocycles. The van der Waals surface area contributed by atoms with Crippen LogP contribution >= 0.6 is 0 Å². The Morgan fingerprint density at radius 2 is 2.00 bits per heavy atom. The maximum Gasteiger partial charge on any atom is 0.329 e. The summed E-state index contributed by atoms with van der Waals surface area (Å²) >= 11 is 0. The smallest absolute Gasteiger partial charge is 0.329 e. The van der Waals surface area contributed by atoms with Gasteiger partial charge < -0.3 is 20.1 Å². The molecule has 2 rings (SSSR count). The zero-order valence-electron chi connectivity index (χ0n) is 15.5. The highest BCUT2D eigenvalue weighted by Crippen LogP contribution is 2.39. The van der Waals surface area contributed by atoms with Crippen molar-refractivity contribution in [1.82, 2.24) is 10.2 Å². The Bertz CT molecular complexity index is 581. The van der Waals surface area contributed by atoms with Gasteiger partial charge in [-0.2, -0.15) is 0 Å². The Kier molecular flexibility index (Phi) is 5.56. The summed E-state index contributed by atoms with van der Waals surface area (Å²) in [6.07, 6.45) is 3.10. The number of hydrogen-bond acceptors (Lipinski definition) is 5. The zero-order valence-corrected chi connectivity index (χ0v) is 15.5. The number of allylic oxidation sites excluding steroid dienone is 1. The number of hydrogen-bond donors (Lipinski definition) is 2. The van der Waals surface area contributed by atoms with E-state index in [0.717, 1.165) is 0 Å².